The van der Waals surface area contributed by atoms with Crippen LogP contribution in [0.4, 0.5) is 0 Å². The van der Waals surface area contributed by atoms with Gasteiger partial charge in [0.1, 0.15) is 17.3 Å². The number of hydrogen-bond donors (Lipinski definition) is 0. The normalized spacial score (nSPS) is 9.93. The summed E-state index contributed by atoms with van der Waals surface area (Å²) >= 11 is 5.99. The van der Waals surface area contributed by atoms with Crippen molar-refractivity contribution < 1.29 is 4.74 Å². The topological polar surface area (TPSA) is 58.8 Å². The van der Waals surface area contributed by atoms with E-state index >= 15 is 0 Å². The van der Waals surface area contributed by atoms with Crippen LogP contribution >= 0.6 is 11.6 Å². The lowest BCUT2D eigenvalue weighted by atomic mass is 10.2. The Kier molecular flexibility index (Phi) is 2.40. The third kappa shape index (κ3) is 1.47. The Labute approximate surface area is 91.1 Å². The average Bonchev–Trinajstić information content (AvgIpc) is 2.29. The summed E-state index contributed by atoms with van der Waals surface area (Å²) in [6.07, 6.45) is 0. The van der Waals surface area contributed by atoms with E-state index in [1.807, 2.05) is 6.07 Å². The lowest BCUT2D eigenvalue weighted by molar-refractivity contribution is 0.418. The molecule has 0 spiro atoms. The zero-order valence-corrected chi connectivity index (χ0v) is 8.62. The van der Waals surface area contributed by atoms with Crippen LogP contribution in [0.1, 0.15) is 5.69 Å². The summed E-state index contributed by atoms with van der Waals surface area (Å²) < 4.78 is 5.11. The second-order valence-corrected chi connectivity index (χ2v) is 3.21. The van der Waals surface area contributed by atoms with E-state index in [4.69, 9.17) is 21.6 Å². The minimum absolute atomic E-state index is 0.123. The van der Waals surface area contributed by atoms with Crippen molar-refractivity contribution in [2.24, 2.45) is 0 Å². The standard InChI is InChI=1S/C10H6ClN3O/c1-15-8-4-2-3-6-9(11)7(5-12)13-14-10(6)8/h2-4H,1H3. The molecule has 1 aromatic carbocycles. The molecular formula is C10H6ClN3O. The summed E-state index contributed by atoms with van der Waals surface area (Å²) in [5, 5.41) is 17.3. The maximum Gasteiger partial charge on any atom is 0.182 e. The number of nitrogens with zero attached hydrogens (tertiary/aromatic N) is 3. The molecule has 0 saturated carbocycles. The molecule has 1 heterocycles. The van der Waals surface area contributed by atoms with Gasteiger partial charge in [-0.05, 0) is 6.07 Å². The van der Waals surface area contributed by atoms with Crippen molar-refractivity contribution in [3.8, 4) is 11.8 Å². The smallest absolute Gasteiger partial charge is 0.182 e. The van der Waals surface area contributed by atoms with Crippen molar-refractivity contribution in [2.45, 2.75) is 0 Å². The first-order valence-corrected chi connectivity index (χ1v) is 4.54. The second kappa shape index (κ2) is 3.71. The molecule has 0 aliphatic heterocycles. The van der Waals surface area contributed by atoms with Crippen LogP contribution in [0.3, 0.4) is 0 Å². The lowest BCUT2D eigenvalue weighted by Crippen LogP contribution is -1.94. The van der Waals surface area contributed by atoms with Crippen molar-refractivity contribution >= 4 is 22.5 Å². The van der Waals surface area contributed by atoms with E-state index in [2.05, 4.69) is 10.2 Å². The van der Waals surface area contributed by atoms with E-state index in [9.17, 15) is 0 Å². The fourth-order valence-electron chi connectivity index (χ4n) is 1.31. The molecule has 4 nitrogen and oxygen atoms in total. The van der Waals surface area contributed by atoms with Crippen molar-refractivity contribution in [1.29, 1.82) is 5.26 Å². The van der Waals surface area contributed by atoms with Gasteiger partial charge in [-0.15, -0.1) is 10.2 Å². The maximum atomic E-state index is 8.74. The molecule has 0 amide bonds. The largest absolute Gasteiger partial charge is 0.494 e. The molecule has 0 atom stereocenters. The number of benzene rings is 1. The summed E-state index contributed by atoms with van der Waals surface area (Å²) in [4.78, 5) is 0. The molecule has 1 aromatic heterocycles. The fourth-order valence-corrected chi connectivity index (χ4v) is 1.54. The van der Waals surface area contributed by atoms with Crippen LogP contribution in [0.25, 0.3) is 10.9 Å². The Morgan fingerprint density at radius 1 is 1.40 bits per heavy atom. The van der Waals surface area contributed by atoms with Crippen molar-refractivity contribution in [3.05, 3.63) is 28.9 Å². The average molecular weight is 220 g/mol. The molecule has 0 radical (unpaired) electrons. The van der Waals surface area contributed by atoms with Gasteiger partial charge in [0.15, 0.2) is 5.69 Å². The van der Waals surface area contributed by atoms with Crippen LogP contribution in [0.2, 0.25) is 5.02 Å². The first kappa shape index (κ1) is 9.69. The van der Waals surface area contributed by atoms with Gasteiger partial charge >= 0.3 is 0 Å². The number of aromatic nitrogens is 2. The monoisotopic (exact) mass is 219 g/mol. The summed E-state index contributed by atoms with van der Waals surface area (Å²) in [6, 6.07) is 7.20. The van der Waals surface area contributed by atoms with E-state index in [1.165, 1.54) is 0 Å². The molecule has 0 N–H and O–H groups in total. The van der Waals surface area contributed by atoms with Gasteiger partial charge in [-0.3, -0.25) is 0 Å². The zero-order valence-electron chi connectivity index (χ0n) is 7.86. The highest BCUT2D eigenvalue weighted by Crippen LogP contribution is 2.29. The Balaban J connectivity index is 2.85. The Bertz CT molecular complexity index is 562. The Hall–Kier alpha value is -1.86. The highest BCUT2D eigenvalue weighted by molar-refractivity contribution is 6.36. The van der Waals surface area contributed by atoms with Crippen molar-refractivity contribution in [2.75, 3.05) is 7.11 Å². The fraction of sp³-hybridized carbons (Fsp3) is 0.100. The van der Waals surface area contributed by atoms with E-state index < -0.39 is 0 Å². The molecule has 74 valence electrons. The van der Waals surface area contributed by atoms with Gasteiger partial charge in [-0.1, -0.05) is 23.7 Å². The molecule has 0 aliphatic rings. The molecular weight excluding hydrogens is 214 g/mol. The van der Waals surface area contributed by atoms with Crippen LogP contribution in [-0.2, 0) is 0 Å². The summed E-state index contributed by atoms with van der Waals surface area (Å²) in [5.41, 5.74) is 0.682. The van der Waals surface area contributed by atoms with Gasteiger partial charge < -0.3 is 4.74 Å². The minimum atomic E-state index is 0.123. The molecule has 5 heteroatoms. The quantitative estimate of drug-likeness (QED) is 0.738. The Morgan fingerprint density at radius 2 is 2.20 bits per heavy atom. The van der Waals surface area contributed by atoms with Crippen LogP contribution in [-0.4, -0.2) is 17.3 Å². The zero-order chi connectivity index (χ0) is 10.8. The molecule has 0 fully saturated rings. The number of hydrogen-bond acceptors (Lipinski definition) is 4. The minimum Gasteiger partial charge on any atom is -0.494 e. The Morgan fingerprint density at radius 3 is 2.87 bits per heavy atom. The van der Waals surface area contributed by atoms with Gasteiger partial charge in [0.25, 0.3) is 0 Å². The number of rotatable bonds is 1. The second-order valence-electron chi connectivity index (χ2n) is 2.83. The van der Waals surface area contributed by atoms with E-state index in [-0.39, 0.29) is 5.69 Å². The van der Waals surface area contributed by atoms with Crippen LogP contribution in [0.15, 0.2) is 18.2 Å². The van der Waals surface area contributed by atoms with Crippen molar-refractivity contribution in [1.82, 2.24) is 10.2 Å². The first-order valence-electron chi connectivity index (χ1n) is 4.17. The number of methoxy groups -OCH3 is 1. The molecule has 2 aromatic rings. The van der Waals surface area contributed by atoms with E-state index in [0.29, 0.717) is 21.7 Å². The third-order valence-corrected chi connectivity index (χ3v) is 2.40. The van der Waals surface area contributed by atoms with Crippen LogP contribution < -0.4 is 4.74 Å². The van der Waals surface area contributed by atoms with Gasteiger partial charge in [0.05, 0.1) is 12.1 Å². The molecule has 0 bridgehead atoms. The summed E-state index contributed by atoms with van der Waals surface area (Å²) in [6.45, 7) is 0. The molecule has 0 unspecified atom stereocenters. The van der Waals surface area contributed by atoms with E-state index in [0.717, 1.165) is 0 Å². The molecule has 0 aliphatic carbocycles. The highest BCUT2D eigenvalue weighted by atomic mass is 35.5. The summed E-state index contributed by atoms with van der Waals surface area (Å²) in [7, 11) is 1.54. The van der Waals surface area contributed by atoms with Gasteiger partial charge in [0.2, 0.25) is 0 Å². The SMILES string of the molecule is COc1cccc2c(Cl)c(C#N)nnc12. The van der Waals surface area contributed by atoms with Crippen LogP contribution in [0.5, 0.6) is 5.75 Å². The number of halogens is 1. The van der Waals surface area contributed by atoms with E-state index in [1.54, 1.807) is 25.3 Å². The predicted molar refractivity (Wildman–Crippen MR) is 55.8 cm³/mol. The van der Waals surface area contributed by atoms with Gasteiger partial charge in [-0.25, -0.2) is 0 Å². The number of fused-ring (bicyclic) bond motifs is 1. The third-order valence-electron chi connectivity index (χ3n) is 2.02. The maximum absolute atomic E-state index is 8.74. The highest BCUT2D eigenvalue weighted by Gasteiger charge is 2.10. The summed E-state index contributed by atoms with van der Waals surface area (Å²) in [5.74, 6) is 0.589. The van der Waals surface area contributed by atoms with Gasteiger partial charge in [-0.2, -0.15) is 5.26 Å². The number of ether oxygens (including phenoxy) is 1. The predicted octanol–water partition coefficient (Wildman–Crippen LogP) is 2.16. The molecule has 0 saturated heterocycles. The van der Waals surface area contributed by atoms with Gasteiger partial charge in [0, 0.05) is 5.39 Å². The molecule has 2 rings (SSSR count). The van der Waals surface area contributed by atoms with Crippen molar-refractivity contribution in [3.63, 3.8) is 0 Å². The van der Waals surface area contributed by atoms with Crippen LogP contribution in [0, 0.1) is 11.3 Å². The lowest BCUT2D eigenvalue weighted by Gasteiger charge is -2.04. The number of nitriles is 1. The first-order chi connectivity index (χ1) is 7.27. The molecule has 15 heavy (non-hydrogen) atoms.